The molecule has 2 N–H and O–H groups in total. The standard InChI is InChI=1S/C17H26N2O3/c1-3-22-16-8-6-14(7-9-16)18-17(21)12-19-10-4-5-15(19)11-13(2)20/h6-9,13,15,20H,3-5,10-12H2,1-2H3,(H,18,21). The molecule has 0 spiro atoms. The van der Waals surface area contributed by atoms with Crippen molar-refractivity contribution >= 4 is 11.6 Å². The number of likely N-dealkylation sites (tertiary alicyclic amines) is 1. The molecule has 1 aliphatic rings. The highest BCUT2D eigenvalue weighted by Gasteiger charge is 2.27. The maximum atomic E-state index is 12.2. The van der Waals surface area contributed by atoms with Gasteiger partial charge in [0.25, 0.3) is 0 Å². The molecule has 0 saturated carbocycles. The van der Waals surface area contributed by atoms with Crippen molar-refractivity contribution in [2.75, 3.05) is 25.0 Å². The van der Waals surface area contributed by atoms with Gasteiger partial charge in [-0.15, -0.1) is 0 Å². The highest BCUT2D eigenvalue weighted by Crippen LogP contribution is 2.21. The van der Waals surface area contributed by atoms with Crippen LogP contribution in [0.3, 0.4) is 0 Å². The average Bonchev–Trinajstić information content (AvgIpc) is 2.87. The molecule has 0 aliphatic carbocycles. The van der Waals surface area contributed by atoms with Crippen LogP contribution in [0.4, 0.5) is 5.69 Å². The fourth-order valence-corrected chi connectivity index (χ4v) is 2.95. The number of hydrogen-bond acceptors (Lipinski definition) is 4. The monoisotopic (exact) mass is 306 g/mol. The predicted molar refractivity (Wildman–Crippen MR) is 87.1 cm³/mol. The summed E-state index contributed by atoms with van der Waals surface area (Å²) in [4.78, 5) is 14.3. The van der Waals surface area contributed by atoms with Gasteiger partial charge < -0.3 is 15.2 Å². The highest BCUT2D eigenvalue weighted by molar-refractivity contribution is 5.92. The van der Waals surface area contributed by atoms with E-state index in [9.17, 15) is 9.90 Å². The SMILES string of the molecule is CCOc1ccc(NC(=O)CN2CCCC2CC(C)O)cc1. The van der Waals surface area contributed by atoms with E-state index < -0.39 is 0 Å². The summed E-state index contributed by atoms with van der Waals surface area (Å²) in [5.74, 6) is 0.790. The molecule has 22 heavy (non-hydrogen) atoms. The van der Waals surface area contributed by atoms with Crippen molar-refractivity contribution in [1.29, 1.82) is 0 Å². The number of aliphatic hydroxyl groups excluding tert-OH is 1. The van der Waals surface area contributed by atoms with Gasteiger partial charge in [0, 0.05) is 11.7 Å². The van der Waals surface area contributed by atoms with Crippen LogP contribution in [-0.4, -0.2) is 47.8 Å². The Bertz CT molecular complexity index is 473. The first-order valence-corrected chi connectivity index (χ1v) is 8.03. The minimum Gasteiger partial charge on any atom is -0.494 e. The van der Waals surface area contributed by atoms with Crippen LogP contribution in [0.15, 0.2) is 24.3 Å². The molecule has 1 saturated heterocycles. The number of rotatable bonds is 7. The van der Waals surface area contributed by atoms with Crippen LogP contribution < -0.4 is 10.1 Å². The second kappa shape index (κ2) is 8.15. The third kappa shape index (κ3) is 5.00. The van der Waals surface area contributed by atoms with E-state index in [0.717, 1.165) is 37.2 Å². The largest absolute Gasteiger partial charge is 0.494 e. The van der Waals surface area contributed by atoms with Crippen molar-refractivity contribution < 1.29 is 14.6 Å². The number of nitrogens with one attached hydrogen (secondary N) is 1. The maximum Gasteiger partial charge on any atom is 0.238 e. The fraction of sp³-hybridized carbons (Fsp3) is 0.588. The zero-order valence-electron chi connectivity index (χ0n) is 13.4. The summed E-state index contributed by atoms with van der Waals surface area (Å²) in [6.07, 6.45) is 2.56. The van der Waals surface area contributed by atoms with E-state index in [-0.39, 0.29) is 12.0 Å². The van der Waals surface area contributed by atoms with E-state index in [1.54, 1.807) is 6.92 Å². The quantitative estimate of drug-likeness (QED) is 0.811. The molecule has 2 atom stereocenters. The van der Waals surface area contributed by atoms with Gasteiger partial charge in [-0.25, -0.2) is 0 Å². The van der Waals surface area contributed by atoms with Crippen molar-refractivity contribution in [3.05, 3.63) is 24.3 Å². The summed E-state index contributed by atoms with van der Waals surface area (Å²) in [5.41, 5.74) is 0.778. The molecule has 5 nitrogen and oxygen atoms in total. The molecule has 1 amide bonds. The number of ether oxygens (including phenoxy) is 1. The Morgan fingerprint density at radius 1 is 1.45 bits per heavy atom. The van der Waals surface area contributed by atoms with Crippen LogP contribution in [-0.2, 0) is 4.79 Å². The first kappa shape index (κ1) is 16.8. The summed E-state index contributed by atoms with van der Waals surface area (Å²) < 4.78 is 5.38. The molecule has 1 fully saturated rings. The lowest BCUT2D eigenvalue weighted by Crippen LogP contribution is -2.38. The van der Waals surface area contributed by atoms with E-state index >= 15 is 0 Å². The Labute approximate surface area is 132 Å². The Morgan fingerprint density at radius 2 is 2.18 bits per heavy atom. The van der Waals surface area contributed by atoms with E-state index in [1.165, 1.54) is 0 Å². The molecule has 1 heterocycles. The number of amides is 1. The van der Waals surface area contributed by atoms with E-state index in [2.05, 4.69) is 10.2 Å². The lowest BCUT2D eigenvalue weighted by Gasteiger charge is -2.24. The Morgan fingerprint density at radius 3 is 2.82 bits per heavy atom. The molecule has 0 radical (unpaired) electrons. The van der Waals surface area contributed by atoms with Crippen molar-refractivity contribution in [2.24, 2.45) is 0 Å². The zero-order chi connectivity index (χ0) is 15.9. The van der Waals surface area contributed by atoms with Gasteiger partial charge in [-0.3, -0.25) is 9.69 Å². The van der Waals surface area contributed by atoms with Crippen molar-refractivity contribution in [1.82, 2.24) is 4.90 Å². The fourth-order valence-electron chi connectivity index (χ4n) is 2.95. The van der Waals surface area contributed by atoms with Crippen LogP contribution in [0.5, 0.6) is 5.75 Å². The van der Waals surface area contributed by atoms with Crippen molar-refractivity contribution in [3.8, 4) is 5.75 Å². The molecule has 2 rings (SSSR count). The van der Waals surface area contributed by atoms with Gasteiger partial charge in [-0.2, -0.15) is 0 Å². The molecular formula is C17H26N2O3. The first-order valence-electron chi connectivity index (χ1n) is 8.03. The Kier molecular flexibility index (Phi) is 6.21. The lowest BCUT2D eigenvalue weighted by molar-refractivity contribution is -0.117. The maximum absolute atomic E-state index is 12.2. The highest BCUT2D eigenvalue weighted by atomic mass is 16.5. The number of carbonyl (C=O) groups is 1. The minimum absolute atomic E-state index is 0.0124. The Balaban J connectivity index is 1.84. The molecule has 5 heteroatoms. The van der Waals surface area contributed by atoms with Gasteiger partial charge in [0.05, 0.1) is 19.3 Å². The van der Waals surface area contributed by atoms with Gasteiger partial charge in [0.1, 0.15) is 5.75 Å². The molecule has 0 aromatic heterocycles. The van der Waals surface area contributed by atoms with E-state index in [0.29, 0.717) is 19.2 Å². The number of carbonyl (C=O) groups excluding carboxylic acids is 1. The first-order chi connectivity index (χ1) is 10.6. The number of benzene rings is 1. The number of nitrogens with zero attached hydrogens (tertiary/aromatic N) is 1. The lowest BCUT2D eigenvalue weighted by atomic mass is 10.1. The summed E-state index contributed by atoms with van der Waals surface area (Å²) in [7, 11) is 0. The van der Waals surface area contributed by atoms with E-state index in [4.69, 9.17) is 4.74 Å². The molecule has 1 aromatic rings. The van der Waals surface area contributed by atoms with Gasteiger partial charge in [-0.1, -0.05) is 0 Å². The number of anilines is 1. The molecule has 1 aliphatic heterocycles. The predicted octanol–water partition coefficient (Wildman–Crippen LogP) is 2.26. The van der Waals surface area contributed by atoms with Crippen molar-refractivity contribution in [2.45, 2.75) is 45.3 Å². The molecule has 2 unspecified atom stereocenters. The number of aliphatic hydroxyl groups is 1. The second-order valence-electron chi connectivity index (χ2n) is 5.86. The van der Waals surface area contributed by atoms with E-state index in [1.807, 2.05) is 31.2 Å². The van der Waals surface area contributed by atoms with Gasteiger partial charge >= 0.3 is 0 Å². The molecule has 0 bridgehead atoms. The summed E-state index contributed by atoms with van der Waals surface area (Å²) in [6.45, 7) is 5.68. The van der Waals surface area contributed by atoms with Gasteiger partial charge in [0.2, 0.25) is 5.91 Å². The van der Waals surface area contributed by atoms with Crippen LogP contribution in [0.2, 0.25) is 0 Å². The average molecular weight is 306 g/mol. The second-order valence-corrected chi connectivity index (χ2v) is 5.86. The van der Waals surface area contributed by atoms with Crippen LogP contribution >= 0.6 is 0 Å². The zero-order valence-corrected chi connectivity index (χ0v) is 13.4. The topological polar surface area (TPSA) is 61.8 Å². The van der Waals surface area contributed by atoms with Crippen LogP contribution in [0.25, 0.3) is 0 Å². The third-order valence-corrected chi connectivity index (χ3v) is 3.91. The van der Waals surface area contributed by atoms with Gasteiger partial charge in [0.15, 0.2) is 0 Å². The minimum atomic E-state index is -0.320. The molecule has 122 valence electrons. The van der Waals surface area contributed by atoms with Crippen LogP contribution in [0.1, 0.15) is 33.1 Å². The molecule has 1 aromatic carbocycles. The molecular weight excluding hydrogens is 280 g/mol. The summed E-state index contributed by atoms with van der Waals surface area (Å²) >= 11 is 0. The number of hydrogen-bond donors (Lipinski definition) is 2. The van der Waals surface area contributed by atoms with Crippen molar-refractivity contribution in [3.63, 3.8) is 0 Å². The Hall–Kier alpha value is -1.59. The van der Waals surface area contributed by atoms with Crippen LogP contribution in [0, 0.1) is 0 Å². The third-order valence-electron chi connectivity index (χ3n) is 3.91. The summed E-state index contributed by atoms with van der Waals surface area (Å²) in [5, 5.41) is 12.4. The summed E-state index contributed by atoms with van der Waals surface area (Å²) in [6, 6.07) is 7.71. The van der Waals surface area contributed by atoms with Gasteiger partial charge in [-0.05, 0) is 63.9 Å². The normalized spacial score (nSPS) is 19.9. The smallest absolute Gasteiger partial charge is 0.238 e.